The number of benzene rings is 1. The van der Waals surface area contributed by atoms with Gasteiger partial charge in [0, 0.05) is 10.7 Å². The van der Waals surface area contributed by atoms with Crippen molar-refractivity contribution in [1.29, 1.82) is 0 Å². The molecule has 2 aromatic rings. The minimum atomic E-state index is -0.0655. The highest BCUT2D eigenvalue weighted by molar-refractivity contribution is 9.10. The van der Waals surface area contributed by atoms with Gasteiger partial charge in [0.25, 0.3) is 0 Å². The second-order valence-electron chi connectivity index (χ2n) is 4.04. The molecule has 1 atom stereocenters. The number of aromatic nitrogens is 1. The average Bonchev–Trinajstić information content (AvgIpc) is 2.41. The number of nitrogens with one attached hydrogen (secondary N) is 1. The van der Waals surface area contributed by atoms with Crippen molar-refractivity contribution in [3.8, 4) is 0 Å². The lowest BCUT2D eigenvalue weighted by Crippen LogP contribution is -2.23. The summed E-state index contributed by atoms with van der Waals surface area (Å²) in [6.45, 7) is 2.86. The zero-order valence-electron chi connectivity index (χ0n) is 10.3. The molecule has 0 bridgehead atoms. The van der Waals surface area contributed by atoms with Crippen LogP contribution in [0, 0.1) is 0 Å². The Hall–Kier alpha value is -0.610. The quantitative estimate of drug-likeness (QED) is 0.843. The lowest BCUT2D eigenvalue weighted by molar-refractivity contribution is 0.615. The normalized spacial score (nSPS) is 12.4. The van der Waals surface area contributed by atoms with Crippen LogP contribution in [0.4, 0.5) is 0 Å². The summed E-state index contributed by atoms with van der Waals surface area (Å²) in [5.74, 6) is 0. The van der Waals surface area contributed by atoms with Crippen LogP contribution in [-0.2, 0) is 0 Å². The highest BCUT2D eigenvalue weighted by Crippen LogP contribution is 2.32. The smallest absolute Gasteiger partial charge is 0.0766 e. The SMILES string of the molecule is CCNC(c1ccc(Br)cn1)c1cccc(Cl)c1Cl. The first-order valence-corrected chi connectivity index (χ1v) is 7.47. The molecule has 0 aliphatic carbocycles. The Labute approximate surface area is 131 Å². The molecule has 0 saturated carbocycles. The number of halogens is 3. The third kappa shape index (κ3) is 3.48. The first kappa shape index (κ1) is 14.8. The summed E-state index contributed by atoms with van der Waals surface area (Å²) in [6.07, 6.45) is 1.78. The van der Waals surface area contributed by atoms with Crippen LogP contribution in [0.15, 0.2) is 41.0 Å². The van der Waals surface area contributed by atoms with Crippen LogP contribution in [0.1, 0.15) is 24.2 Å². The van der Waals surface area contributed by atoms with Gasteiger partial charge in [0.1, 0.15) is 0 Å². The van der Waals surface area contributed by atoms with Gasteiger partial charge in [0.05, 0.1) is 21.8 Å². The predicted octanol–water partition coefficient (Wildman–Crippen LogP) is 4.85. The largest absolute Gasteiger partial charge is 0.305 e. The fourth-order valence-corrected chi connectivity index (χ4v) is 2.53. The fraction of sp³-hybridized carbons (Fsp3) is 0.214. The van der Waals surface area contributed by atoms with Crippen molar-refractivity contribution >= 4 is 39.1 Å². The zero-order valence-corrected chi connectivity index (χ0v) is 13.4. The van der Waals surface area contributed by atoms with Gasteiger partial charge in [-0.3, -0.25) is 4.98 Å². The second-order valence-corrected chi connectivity index (χ2v) is 5.74. The summed E-state index contributed by atoms with van der Waals surface area (Å²) < 4.78 is 0.948. The second kappa shape index (κ2) is 6.71. The van der Waals surface area contributed by atoms with Crippen LogP contribution in [0.25, 0.3) is 0 Å². The Morgan fingerprint density at radius 3 is 2.68 bits per heavy atom. The summed E-state index contributed by atoms with van der Waals surface area (Å²) >= 11 is 15.8. The highest BCUT2D eigenvalue weighted by Gasteiger charge is 2.18. The van der Waals surface area contributed by atoms with Gasteiger partial charge in [-0.25, -0.2) is 0 Å². The molecular formula is C14H13BrCl2N2. The van der Waals surface area contributed by atoms with Gasteiger partial charge in [0.2, 0.25) is 0 Å². The maximum atomic E-state index is 6.30. The molecule has 0 aliphatic heterocycles. The molecule has 1 N–H and O–H groups in total. The van der Waals surface area contributed by atoms with Crippen LogP contribution in [-0.4, -0.2) is 11.5 Å². The van der Waals surface area contributed by atoms with Gasteiger partial charge in [-0.1, -0.05) is 42.3 Å². The van der Waals surface area contributed by atoms with E-state index in [-0.39, 0.29) is 6.04 Å². The van der Waals surface area contributed by atoms with E-state index < -0.39 is 0 Å². The van der Waals surface area contributed by atoms with E-state index in [0.29, 0.717) is 10.0 Å². The number of nitrogens with zero attached hydrogens (tertiary/aromatic N) is 1. The van der Waals surface area contributed by atoms with E-state index in [0.717, 1.165) is 22.3 Å². The molecule has 0 radical (unpaired) electrons. The van der Waals surface area contributed by atoms with Gasteiger partial charge in [0.15, 0.2) is 0 Å². The van der Waals surface area contributed by atoms with Crippen molar-refractivity contribution in [2.45, 2.75) is 13.0 Å². The Bertz CT molecular complexity index is 558. The molecule has 0 spiro atoms. The molecule has 1 unspecified atom stereocenters. The van der Waals surface area contributed by atoms with E-state index in [4.69, 9.17) is 23.2 Å². The van der Waals surface area contributed by atoms with Gasteiger partial charge in [-0.05, 0) is 46.2 Å². The number of rotatable bonds is 4. The monoisotopic (exact) mass is 358 g/mol. The third-order valence-electron chi connectivity index (χ3n) is 2.75. The summed E-state index contributed by atoms with van der Waals surface area (Å²) in [6, 6.07) is 9.51. The summed E-state index contributed by atoms with van der Waals surface area (Å²) in [7, 11) is 0. The predicted molar refractivity (Wildman–Crippen MR) is 83.9 cm³/mol. The number of hydrogen-bond donors (Lipinski definition) is 1. The molecule has 19 heavy (non-hydrogen) atoms. The molecule has 100 valence electrons. The molecule has 1 heterocycles. The van der Waals surface area contributed by atoms with E-state index in [2.05, 4.69) is 26.2 Å². The maximum absolute atomic E-state index is 6.30. The van der Waals surface area contributed by atoms with Crippen molar-refractivity contribution < 1.29 is 0 Å². The molecular weight excluding hydrogens is 347 g/mol. The summed E-state index contributed by atoms with van der Waals surface area (Å²) in [5, 5.41) is 4.51. The van der Waals surface area contributed by atoms with Crippen molar-refractivity contribution in [2.24, 2.45) is 0 Å². The molecule has 0 aliphatic rings. The van der Waals surface area contributed by atoms with Gasteiger partial charge in [-0.2, -0.15) is 0 Å². The fourth-order valence-electron chi connectivity index (χ4n) is 1.88. The van der Waals surface area contributed by atoms with Crippen molar-refractivity contribution in [2.75, 3.05) is 6.54 Å². The average molecular weight is 360 g/mol. The maximum Gasteiger partial charge on any atom is 0.0766 e. The lowest BCUT2D eigenvalue weighted by atomic mass is 10.0. The molecule has 0 saturated heterocycles. The molecule has 5 heteroatoms. The van der Waals surface area contributed by atoms with Crippen molar-refractivity contribution in [1.82, 2.24) is 10.3 Å². The van der Waals surface area contributed by atoms with Crippen LogP contribution in [0.2, 0.25) is 10.0 Å². The Morgan fingerprint density at radius 2 is 2.05 bits per heavy atom. The number of pyridine rings is 1. The molecule has 1 aromatic heterocycles. The molecule has 0 fully saturated rings. The molecule has 2 rings (SSSR count). The first-order valence-electron chi connectivity index (χ1n) is 5.92. The Morgan fingerprint density at radius 1 is 1.26 bits per heavy atom. The third-order valence-corrected chi connectivity index (χ3v) is 4.05. The minimum Gasteiger partial charge on any atom is -0.305 e. The highest BCUT2D eigenvalue weighted by atomic mass is 79.9. The topological polar surface area (TPSA) is 24.9 Å². The van der Waals surface area contributed by atoms with E-state index in [1.807, 2.05) is 31.2 Å². The number of hydrogen-bond acceptors (Lipinski definition) is 2. The van der Waals surface area contributed by atoms with E-state index in [9.17, 15) is 0 Å². The van der Waals surface area contributed by atoms with Crippen molar-refractivity contribution in [3.05, 3.63) is 62.3 Å². The van der Waals surface area contributed by atoms with Crippen molar-refractivity contribution in [3.63, 3.8) is 0 Å². The first-order chi connectivity index (χ1) is 9.13. The standard InChI is InChI=1S/C14H13BrCl2N2/c1-2-18-14(12-7-6-9(15)8-19-12)10-4-3-5-11(16)13(10)17/h3-8,14,18H,2H2,1H3. The van der Waals surface area contributed by atoms with E-state index in [1.165, 1.54) is 0 Å². The molecule has 2 nitrogen and oxygen atoms in total. The van der Waals surface area contributed by atoms with E-state index >= 15 is 0 Å². The van der Waals surface area contributed by atoms with Gasteiger partial charge in [-0.15, -0.1) is 0 Å². The Kier molecular flexibility index (Phi) is 5.22. The Balaban J connectivity index is 2.45. The van der Waals surface area contributed by atoms with Crippen LogP contribution < -0.4 is 5.32 Å². The van der Waals surface area contributed by atoms with Crippen LogP contribution in [0.5, 0.6) is 0 Å². The van der Waals surface area contributed by atoms with Gasteiger partial charge < -0.3 is 5.32 Å². The van der Waals surface area contributed by atoms with Gasteiger partial charge >= 0.3 is 0 Å². The molecule has 0 amide bonds. The van der Waals surface area contributed by atoms with E-state index in [1.54, 1.807) is 12.3 Å². The van der Waals surface area contributed by atoms with Crippen LogP contribution >= 0.6 is 39.1 Å². The minimum absolute atomic E-state index is 0.0655. The zero-order chi connectivity index (χ0) is 13.8. The molecule has 1 aromatic carbocycles. The van der Waals surface area contributed by atoms with Crippen LogP contribution in [0.3, 0.4) is 0 Å². The summed E-state index contributed by atoms with van der Waals surface area (Å²) in [4.78, 5) is 4.43. The lowest BCUT2D eigenvalue weighted by Gasteiger charge is -2.19. The summed E-state index contributed by atoms with van der Waals surface area (Å²) in [5.41, 5.74) is 1.85.